The molecule has 0 aromatic carbocycles. The summed E-state index contributed by atoms with van der Waals surface area (Å²) in [4.78, 5) is 38.2. The van der Waals surface area contributed by atoms with Crippen LogP contribution in [0.1, 0.15) is 343 Å². The maximum absolute atomic E-state index is 12.9. The molecule has 0 radical (unpaired) electrons. The van der Waals surface area contributed by atoms with Gasteiger partial charge in [-0.05, 0) is 37.0 Å². The standard InChI is InChI=1S/C62H120O6/c1-7-58(6)50-44-38-34-35-40-46-52-61(64)67-55-59(54-66-60(63)51-45-39-32-28-24-20-16-13-12-15-19-23-27-31-37-43-49-57(4)5)68-62(65)53-47-41-33-29-25-21-17-11-9-8-10-14-18-22-26-30-36-42-48-56(2)3/h56-59H,7-55H2,1-6H3/t58?,59-/m1/s1. The van der Waals surface area contributed by atoms with Crippen molar-refractivity contribution in [2.75, 3.05) is 13.2 Å². The Kier molecular flexibility index (Phi) is 52.0. The van der Waals surface area contributed by atoms with Gasteiger partial charge in [-0.15, -0.1) is 0 Å². The van der Waals surface area contributed by atoms with Crippen molar-refractivity contribution < 1.29 is 28.6 Å². The van der Waals surface area contributed by atoms with Gasteiger partial charge < -0.3 is 14.2 Å². The van der Waals surface area contributed by atoms with Crippen LogP contribution >= 0.6 is 0 Å². The zero-order valence-corrected chi connectivity index (χ0v) is 46.9. The highest BCUT2D eigenvalue weighted by atomic mass is 16.6. The summed E-state index contributed by atoms with van der Waals surface area (Å²) in [5.41, 5.74) is 0. The first-order chi connectivity index (χ1) is 33.1. The SMILES string of the molecule is CCC(C)CCCCCCCCC(=O)OC[C@@H](COC(=O)CCCCCCCCCCCCCCCCCCC(C)C)OC(=O)CCCCCCCCCCCCCCCCCCCCC(C)C. The molecule has 0 aliphatic heterocycles. The molecule has 0 aromatic heterocycles. The summed E-state index contributed by atoms with van der Waals surface area (Å²) in [6.07, 6.45) is 56.8. The van der Waals surface area contributed by atoms with E-state index in [1.165, 1.54) is 225 Å². The van der Waals surface area contributed by atoms with E-state index in [4.69, 9.17) is 14.2 Å². The molecule has 0 rings (SSSR count). The van der Waals surface area contributed by atoms with Crippen LogP contribution in [0.5, 0.6) is 0 Å². The van der Waals surface area contributed by atoms with Crippen LogP contribution in [-0.4, -0.2) is 37.2 Å². The second-order valence-corrected chi connectivity index (χ2v) is 22.5. The number of carbonyl (C=O) groups excluding carboxylic acids is 3. The number of ether oxygens (including phenoxy) is 3. The predicted molar refractivity (Wildman–Crippen MR) is 293 cm³/mol. The lowest BCUT2D eigenvalue weighted by Gasteiger charge is -2.18. The highest BCUT2D eigenvalue weighted by molar-refractivity contribution is 5.71. The molecule has 6 heteroatoms. The molecule has 0 fully saturated rings. The van der Waals surface area contributed by atoms with Gasteiger partial charge >= 0.3 is 17.9 Å². The molecule has 0 saturated heterocycles. The van der Waals surface area contributed by atoms with Crippen LogP contribution in [0, 0.1) is 17.8 Å². The number of hydrogen-bond acceptors (Lipinski definition) is 6. The van der Waals surface area contributed by atoms with Gasteiger partial charge in [-0.1, -0.05) is 305 Å². The normalized spacial score (nSPS) is 12.5. The summed E-state index contributed by atoms with van der Waals surface area (Å²) >= 11 is 0. The first-order valence-electron chi connectivity index (χ1n) is 30.6. The maximum Gasteiger partial charge on any atom is 0.306 e. The molecule has 0 spiro atoms. The third kappa shape index (κ3) is 53.8. The van der Waals surface area contributed by atoms with Gasteiger partial charge in [0.1, 0.15) is 13.2 Å². The number of esters is 3. The monoisotopic (exact) mass is 961 g/mol. The van der Waals surface area contributed by atoms with E-state index in [0.717, 1.165) is 75.5 Å². The van der Waals surface area contributed by atoms with Crippen molar-refractivity contribution in [3.05, 3.63) is 0 Å². The fraction of sp³-hybridized carbons (Fsp3) is 0.952. The van der Waals surface area contributed by atoms with Crippen LogP contribution < -0.4 is 0 Å². The van der Waals surface area contributed by atoms with E-state index in [1.54, 1.807) is 0 Å². The van der Waals surface area contributed by atoms with Gasteiger partial charge in [0.2, 0.25) is 0 Å². The molecule has 68 heavy (non-hydrogen) atoms. The van der Waals surface area contributed by atoms with E-state index in [1.807, 2.05) is 0 Å². The van der Waals surface area contributed by atoms with Crippen LogP contribution in [0.25, 0.3) is 0 Å². The van der Waals surface area contributed by atoms with Crippen molar-refractivity contribution in [1.82, 2.24) is 0 Å². The molecule has 0 aliphatic carbocycles. The van der Waals surface area contributed by atoms with Crippen molar-refractivity contribution >= 4 is 17.9 Å². The second-order valence-electron chi connectivity index (χ2n) is 22.5. The Hall–Kier alpha value is -1.59. The molecule has 0 aromatic rings. The Bertz CT molecular complexity index is 1060. The van der Waals surface area contributed by atoms with Crippen LogP contribution in [0.3, 0.4) is 0 Å². The molecule has 0 amide bonds. The van der Waals surface area contributed by atoms with Crippen molar-refractivity contribution in [3.8, 4) is 0 Å². The van der Waals surface area contributed by atoms with Crippen molar-refractivity contribution in [1.29, 1.82) is 0 Å². The van der Waals surface area contributed by atoms with E-state index < -0.39 is 6.10 Å². The average Bonchev–Trinajstić information content (AvgIpc) is 3.31. The minimum absolute atomic E-state index is 0.0638. The van der Waals surface area contributed by atoms with Crippen LogP contribution in [0.4, 0.5) is 0 Å². The Balaban J connectivity index is 4.21. The molecule has 0 saturated carbocycles. The first kappa shape index (κ1) is 66.4. The lowest BCUT2D eigenvalue weighted by atomic mass is 10.00. The molecule has 0 heterocycles. The molecule has 0 N–H and O–H groups in total. The lowest BCUT2D eigenvalue weighted by Crippen LogP contribution is -2.30. The van der Waals surface area contributed by atoms with Gasteiger partial charge in [0.15, 0.2) is 6.10 Å². The summed E-state index contributed by atoms with van der Waals surface area (Å²) in [6.45, 7) is 13.8. The van der Waals surface area contributed by atoms with Gasteiger partial charge in [-0.2, -0.15) is 0 Å². The summed E-state index contributed by atoms with van der Waals surface area (Å²) in [6, 6.07) is 0. The number of carbonyl (C=O) groups is 3. The van der Waals surface area contributed by atoms with Crippen molar-refractivity contribution in [2.45, 2.75) is 349 Å². The van der Waals surface area contributed by atoms with Gasteiger partial charge in [0.05, 0.1) is 0 Å². The van der Waals surface area contributed by atoms with Crippen LogP contribution in [-0.2, 0) is 28.6 Å². The Labute approximate surface area is 425 Å². The summed E-state index contributed by atoms with van der Waals surface area (Å²) in [5.74, 6) is 1.68. The molecule has 0 bridgehead atoms. The van der Waals surface area contributed by atoms with Crippen molar-refractivity contribution in [2.24, 2.45) is 17.8 Å². The fourth-order valence-corrected chi connectivity index (χ4v) is 9.50. The third-order valence-electron chi connectivity index (χ3n) is 14.5. The summed E-state index contributed by atoms with van der Waals surface area (Å²) in [7, 11) is 0. The van der Waals surface area contributed by atoms with Crippen LogP contribution in [0.15, 0.2) is 0 Å². The lowest BCUT2D eigenvalue weighted by molar-refractivity contribution is -0.167. The fourth-order valence-electron chi connectivity index (χ4n) is 9.50. The highest BCUT2D eigenvalue weighted by Crippen LogP contribution is 2.19. The topological polar surface area (TPSA) is 78.9 Å². The summed E-state index contributed by atoms with van der Waals surface area (Å²) in [5, 5.41) is 0. The minimum Gasteiger partial charge on any atom is -0.462 e. The molecule has 6 nitrogen and oxygen atoms in total. The zero-order valence-electron chi connectivity index (χ0n) is 46.9. The minimum atomic E-state index is -0.764. The van der Waals surface area contributed by atoms with E-state index in [9.17, 15) is 14.4 Å². The molecular formula is C62H120O6. The van der Waals surface area contributed by atoms with Crippen molar-refractivity contribution in [3.63, 3.8) is 0 Å². The molecule has 404 valence electrons. The van der Waals surface area contributed by atoms with Gasteiger partial charge in [0, 0.05) is 19.3 Å². The molecular weight excluding hydrogens is 841 g/mol. The van der Waals surface area contributed by atoms with Gasteiger partial charge in [0.25, 0.3) is 0 Å². The molecule has 0 aliphatic rings. The number of unbranched alkanes of at least 4 members (excludes halogenated alkanes) is 37. The quantitative estimate of drug-likeness (QED) is 0.0343. The highest BCUT2D eigenvalue weighted by Gasteiger charge is 2.19. The van der Waals surface area contributed by atoms with E-state index in [0.29, 0.717) is 19.3 Å². The zero-order chi connectivity index (χ0) is 49.8. The smallest absolute Gasteiger partial charge is 0.306 e. The summed E-state index contributed by atoms with van der Waals surface area (Å²) < 4.78 is 16.9. The third-order valence-corrected chi connectivity index (χ3v) is 14.5. The Morgan fingerprint density at radius 3 is 0.765 bits per heavy atom. The van der Waals surface area contributed by atoms with E-state index >= 15 is 0 Å². The molecule has 1 unspecified atom stereocenters. The predicted octanol–water partition coefficient (Wildman–Crippen LogP) is 20.3. The van der Waals surface area contributed by atoms with E-state index in [-0.39, 0.29) is 31.1 Å². The average molecular weight is 962 g/mol. The molecule has 2 atom stereocenters. The van der Waals surface area contributed by atoms with Crippen LogP contribution in [0.2, 0.25) is 0 Å². The first-order valence-corrected chi connectivity index (χ1v) is 30.6. The maximum atomic E-state index is 12.9. The van der Waals surface area contributed by atoms with Gasteiger partial charge in [-0.25, -0.2) is 0 Å². The number of hydrogen-bond donors (Lipinski definition) is 0. The van der Waals surface area contributed by atoms with E-state index in [2.05, 4.69) is 41.5 Å². The van der Waals surface area contributed by atoms with Gasteiger partial charge in [-0.3, -0.25) is 14.4 Å². The Morgan fingerprint density at radius 2 is 0.515 bits per heavy atom. The largest absolute Gasteiger partial charge is 0.462 e. The number of rotatable bonds is 55. The Morgan fingerprint density at radius 1 is 0.294 bits per heavy atom. The second kappa shape index (κ2) is 53.2.